The van der Waals surface area contributed by atoms with Gasteiger partial charge < -0.3 is 10.8 Å². The summed E-state index contributed by atoms with van der Waals surface area (Å²) in [5, 5.41) is 7.91. The average Bonchev–Trinajstić information content (AvgIpc) is 2.37. The summed E-state index contributed by atoms with van der Waals surface area (Å²) in [6, 6.07) is -0.546. The first kappa shape index (κ1) is 16.3. The van der Waals surface area contributed by atoms with Gasteiger partial charge in [-0.05, 0) is 7.05 Å². The van der Waals surface area contributed by atoms with Crippen LogP contribution in [0.5, 0.6) is 0 Å². The molecule has 1 rings (SSSR count). The Labute approximate surface area is 106 Å². The van der Waals surface area contributed by atoms with Crippen molar-refractivity contribution in [3.05, 3.63) is 0 Å². The van der Waals surface area contributed by atoms with E-state index >= 15 is 0 Å². The molecule has 2 atom stereocenters. The quantitative estimate of drug-likeness (QED) is 0.246. The van der Waals surface area contributed by atoms with Crippen molar-refractivity contribution in [1.29, 1.82) is 0 Å². The molecule has 0 aliphatic carbocycles. The molecule has 0 radical (unpaired) electrons. The molecule has 0 aromatic rings. The lowest BCUT2D eigenvalue weighted by Gasteiger charge is -2.37. The van der Waals surface area contributed by atoms with Crippen LogP contribution in [0.2, 0.25) is 0 Å². The van der Waals surface area contributed by atoms with Crippen molar-refractivity contribution in [2.45, 2.75) is 18.5 Å². The van der Waals surface area contributed by atoms with Gasteiger partial charge in [-0.3, -0.25) is 14.5 Å². The van der Waals surface area contributed by atoms with Gasteiger partial charge in [-0.25, -0.2) is 4.28 Å². The number of likely N-dealkylation sites (N-methyl/N-ethyl adjacent to an activating group) is 1. The Bertz CT molecular complexity index is 254. The topological polar surface area (TPSA) is 96.1 Å². The SMILES string of the molecule is CN1CC(N(C=O)OS)C(=O)C[C@H]1CN.CO. The molecular formula is C9H19N3O4S. The standard InChI is InChI=1S/C8H15N3O3S.CH4O/c1-10-4-7(11(5-12)14-15)8(13)2-6(10)3-9;1-2/h5-7,15H,2-4,9H2,1H3;2H,1H3/t6-,7?;/m0./s1. The molecular weight excluding hydrogens is 246 g/mol. The zero-order valence-electron chi connectivity index (χ0n) is 9.94. The third-order valence-electron chi connectivity index (χ3n) is 2.67. The summed E-state index contributed by atoms with van der Waals surface area (Å²) in [5.41, 5.74) is 5.52. The van der Waals surface area contributed by atoms with Gasteiger partial charge in [0.2, 0.25) is 6.41 Å². The van der Waals surface area contributed by atoms with Crippen LogP contribution in [0.25, 0.3) is 0 Å². The van der Waals surface area contributed by atoms with Crippen LogP contribution < -0.4 is 5.73 Å². The molecule has 0 spiro atoms. The lowest BCUT2D eigenvalue weighted by atomic mass is 9.97. The first-order chi connectivity index (χ1) is 8.13. The fourth-order valence-electron chi connectivity index (χ4n) is 1.68. The Morgan fingerprint density at radius 1 is 1.71 bits per heavy atom. The molecule has 0 aromatic heterocycles. The number of aliphatic hydroxyl groups is 1. The molecule has 3 N–H and O–H groups in total. The molecule has 1 aliphatic heterocycles. The van der Waals surface area contributed by atoms with Gasteiger partial charge in [0.15, 0.2) is 5.78 Å². The van der Waals surface area contributed by atoms with E-state index in [0.29, 0.717) is 25.9 Å². The number of piperidine rings is 1. The zero-order valence-corrected chi connectivity index (χ0v) is 10.8. The molecule has 100 valence electrons. The molecule has 1 aliphatic rings. The summed E-state index contributed by atoms with van der Waals surface area (Å²) in [6.07, 6.45) is 0.783. The van der Waals surface area contributed by atoms with Crippen LogP contribution >= 0.6 is 12.9 Å². The zero-order chi connectivity index (χ0) is 13.4. The third kappa shape index (κ3) is 4.25. The van der Waals surface area contributed by atoms with Crippen molar-refractivity contribution in [2.75, 3.05) is 27.2 Å². The highest BCUT2D eigenvalue weighted by atomic mass is 32.1. The second-order valence-electron chi connectivity index (χ2n) is 3.56. The van der Waals surface area contributed by atoms with Gasteiger partial charge in [-0.1, -0.05) is 0 Å². The lowest BCUT2D eigenvalue weighted by molar-refractivity contribution is -0.159. The van der Waals surface area contributed by atoms with Crippen molar-refractivity contribution < 1.29 is 19.0 Å². The van der Waals surface area contributed by atoms with E-state index in [1.54, 1.807) is 0 Å². The molecule has 1 fully saturated rings. The predicted molar refractivity (Wildman–Crippen MR) is 65.0 cm³/mol. The van der Waals surface area contributed by atoms with Gasteiger partial charge in [0.25, 0.3) is 0 Å². The molecule has 1 amide bonds. The summed E-state index contributed by atoms with van der Waals surface area (Å²) >= 11 is 3.52. The minimum absolute atomic E-state index is 0.0437. The van der Waals surface area contributed by atoms with Crippen LogP contribution in [0.3, 0.4) is 0 Å². The van der Waals surface area contributed by atoms with Crippen molar-refractivity contribution in [2.24, 2.45) is 5.73 Å². The molecule has 8 heteroatoms. The first-order valence-electron chi connectivity index (χ1n) is 5.07. The highest BCUT2D eigenvalue weighted by Crippen LogP contribution is 2.16. The monoisotopic (exact) mass is 265 g/mol. The van der Waals surface area contributed by atoms with E-state index in [-0.39, 0.29) is 11.8 Å². The van der Waals surface area contributed by atoms with Crippen LogP contribution in [-0.2, 0) is 13.9 Å². The van der Waals surface area contributed by atoms with Gasteiger partial charge in [-0.15, -0.1) is 0 Å². The first-order valence-corrected chi connectivity index (χ1v) is 5.43. The van der Waals surface area contributed by atoms with Gasteiger partial charge in [-0.2, -0.15) is 5.06 Å². The molecule has 17 heavy (non-hydrogen) atoms. The molecule has 0 aromatic carbocycles. The average molecular weight is 265 g/mol. The molecule has 1 saturated heterocycles. The number of rotatable bonds is 4. The van der Waals surface area contributed by atoms with E-state index < -0.39 is 6.04 Å². The maximum Gasteiger partial charge on any atom is 0.235 e. The number of likely N-dealkylation sites (tertiary alicyclic amines) is 1. The van der Waals surface area contributed by atoms with Crippen molar-refractivity contribution in [3.63, 3.8) is 0 Å². The van der Waals surface area contributed by atoms with E-state index in [9.17, 15) is 9.59 Å². The minimum atomic E-state index is -0.590. The number of nitrogens with zero attached hydrogens (tertiary/aromatic N) is 2. The lowest BCUT2D eigenvalue weighted by Crippen LogP contribution is -2.56. The number of carbonyl (C=O) groups excluding carboxylic acids is 2. The van der Waals surface area contributed by atoms with Crippen molar-refractivity contribution in [3.8, 4) is 0 Å². The molecule has 1 heterocycles. The predicted octanol–water partition coefficient (Wildman–Crippen LogP) is -1.57. The fourth-order valence-corrected chi connectivity index (χ4v) is 1.84. The Kier molecular flexibility index (Phi) is 8.09. The van der Waals surface area contributed by atoms with Gasteiger partial charge in [0.05, 0.1) is 0 Å². The van der Waals surface area contributed by atoms with E-state index in [4.69, 9.17) is 10.8 Å². The Balaban J connectivity index is 0.00000121. The van der Waals surface area contributed by atoms with E-state index in [1.165, 1.54) is 0 Å². The van der Waals surface area contributed by atoms with E-state index in [1.807, 2.05) is 11.9 Å². The Morgan fingerprint density at radius 2 is 2.29 bits per heavy atom. The molecule has 1 unspecified atom stereocenters. The number of carbonyl (C=O) groups is 2. The number of Topliss-reactive ketones (excluding diaryl/α,β-unsaturated/α-hetero) is 1. The normalized spacial score (nSPS) is 24.9. The summed E-state index contributed by atoms with van der Waals surface area (Å²) in [6.45, 7) is 0.845. The van der Waals surface area contributed by atoms with Gasteiger partial charge >= 0.3 is 0 Å². The highest BCUT2D eigenvalue weighted by molar-refractivity contribution is 7.75. The van der Waals surface area contributed by atoms with Crippen LogP contribution in [0.4, 0.5) is 0 Å². The third-order valence-corrected chi connectivity index (χ3v) is 2.86. The summed E-state index contributed by atoms with van der Waals surface area (Å²) in [7, 11) is 2.86. The Hall–Kier alpha value is -0.670. The van der Waals surface area contributed by atoms with Crippen LogP contribution in [0, 0.1) is 0 Å². The number of nitrogens with two attached hydrogens (primary N) is 1. The van der Waals surface area contributed by atoms with E-state index in [0.717, 1.165) is 12.2 Å². The molecule has 7 nitrogen and oxygen atoms in total. The number of amides is 1. The maximum absolute atomic E-state index is 11.7. The highest BCUT2D eigenvalue weighted by Gasteiger charge is 2.35. The summed E-state index contributed by atoms with van der Waals surface area (Å²) < 4.78 is 4.51. The number of thiol groups is 1. The molecule has 0 saturated carbocycles. The minimum Gasteiger partial charge on any atom is -0.400 e. The second-order valence-corrected chi connectivity index (χ2v) is 3.73. The van der Waals surface area contributed by atoms with Crippen molar-refractivity contribution in [1.82, 2.24) is 9.96 Å². The Morgan fingerprint density at radius 3 is 2.71 bits per heavy atom. The number of ketones is 1. The van der Waals surface area contributed by atoms with Crippen LogP contribution in [-0.4, -0.2) is 66.6 Å². The number of aliphatic hydroxyl groups excluding tert-OH is 1. The number of hydrogen-bond donors (Lipinski definition) is 3. The summed E-state index contributed by atoms with van der Waals surface area (Å²) in [4.78, 5) is 24.2. The van der Waals surface area contributed by atoms with Crippen molar-refractivity contribution >= 4 is 25.1 Å². The van der Waals surface area contributed by atoms with Gasteiger partial charge in [0, 0.05) is 45.6 Å². The number of hydroxylamine groups is 2. The van der Waals surface area contributed by atoms with Gasteiger partial charge in [0.1, 0.15) is 6.04 Å². The molecule has 0 bridgehead atoms. The van der Waals surface area contributed by atoms with Crippen LogP contribution in [0.15, 0.2) is 0 Å². The second kappa shape index (κ2) is 8.43. The maximum atomic E-state index is 11.7. The van der Waals surface area contributed by atoms with E-state index in [2.05, 4.69) is 17.2 Å². The largest absolute Gasteiger partial charge is 0.400 e. The smallest absolute Gasteiger partial charge is 0.235 e. The fraction of sp³-hybridized carbons (Fsp3) is 0.778. The summed E-state index contributed by atoms with van der Waals surface area (Å²) in [5.74, 6) is -0.0512. The van der Waals surface area contributed by atoms with Crippen LogP contribution in [0.1, 0.15) is 6.42 Å². The number of hydrogen-bond acceptors (Lipinski definition) is 7.